The third kappa shape index (κ3) is 6.20. The van der Waals surface area contributed by atoms with Crippen molar-refractivity contribution < 1.29 is 14.3 Å². The lowest BCUT2D eigenvalue weighted by atomic mass is 10.1. The zero-order chi connectivity index (χ0) is 25.3. The number of anilines is 2. The maximum atomic E-state index is 13.4. The van der Waals surface area contributed by atoms with Gasteiger partial charge in [0.25, 0.3) is 5.91 Å². The lowest BCUT2D eigenvalue weighted by molar-refractivity contribution is 0.102. The van der Waals surface area contributed by atoms with Crippen LogP contribution in [0.1, 0.15) is 43.1 Å². The fourth-order valence-corrected chi connectivity index (χ4v) is 4.24. The summed E-state index contributed by atoms with van der Waals surface area (Å²) in [5, 5.41) is 17.3. The third-order valence-electron chi connectivity index (χ3n) is 6.14. The Morgan fingerprint density at radius 1 is 1.25 bits per heavy atom. The summed E-state index contributed by atoms with van der Waals surface area (Å²) in [7, 11) is 1.60. The maximum Gasteiger partial charge on any atom is 0.319 e. The normalized spacial score (nSPS) is 15.4. The molecule has 36 heavy (non-hydrogen) atoms. The quantitative estimate of drug-likeness (QED) is 0.409. The van der Waals surface area contributed by atoms with E-state index in [1.54, 1.807) is 19.2 Å². The number of methoxy groups -OCH3 is 1. The van der Waals surface area contributed by atoms with Crippen molar-refractivity contribution in [2.24, 2.45) is 0 Å². The van der Waals surface area contributed by atoms with Crippen molar-refractivity contribution in [2.75, 3.05) is 43.6 Å². The van der Waals surface area contributed by atoms with Gasteiger partial charge in [0.15, 0.2) is 0 Å². The van der Waals surface area contributed by atoms with Crippen molar-refractivity contribution >= 4 is 28.2 Å². The molecule has 1 aliphatic heterocycles. The van der Waals surface area contributed by atoms with E-state index in [1.807, 2.05) is 30.3 Å². The average molecular weight is 489 g/mol. The second kappa shape index (κ2) is 12.2. The Hall–Kier alpha value is -3.90. The molecule has 1 aromatic heterocycles. The molecule has 2 aromatic carbocycles. The molecule has 188 valence electrons. The van der Waals surface area contributed by atoms with Crippen LogP contribution in [0, 0.1) is 11.3 Å². The number of benzene rings is 2. The minimum Gasteiger partial charge on any atom is -0.497 e. The Morgan fingerprint density at radius 2 is 2.11 bits per heavy atom. The zero-order valence-corrected chi connectivity index (χ0v) is 20.8. The summed E-state index contributed by atoms with van der Waals surface area (Å²) in [4.78, 5) is 24.5. The number of rotatable bonds is 10. The number of hydrogen-bond donors (Lipinski definition) is 2. The molecule has 1 fully saturated rings. The number of fused-ring (bicyclic) bond motifs is 1. The Labute approximate surface area is 211 Å². The minimum absolute atomic E-state index is 0.0352. The van der Waals surface area contributed by atoms with Gasteiger partial charge in [0.1, 0.15) is 17.3 Å². The Kier molecular flexibility index (Phi) is 8.53. The predicted octanol–water partition coefficient (Wildman–Crippen LogP) is 4.15. The van der Waals surface area contributed by atoms with Gasteiger partial charge in [-0.15, -0.1) is 0 Å². The van der Waals surface area contributed by atoms with E-state index in [9.17, 15) is 4.79 Å². The molecule has 9 heteroatoms. The molecule has 2 N–H and O–H groups in total. The topological polar surface area (TPSA) is 112 Å². The Balaban J connectivity index is 1.63. The molecular weight excluding hydrogens is 456 g/mol. The first kappa shape index (κ1) is 25.2. The molecule has 0 bridgehead atoms. The molecule has 1 amide bonds. The van der Waals surface area contributed by atoms with Crippen molar-refractivity contribution in [2.45, 2.75) is 38.6 Å². The lowest BCUT2D eigenvalue weighted by Crippen LogP contribution is -2.50. The van der Waals surface area contributed by atoms with Crippen LogP contribution in [-0.4, -0.2) is 55.3 Å². The van der Waals surface area contributed by atoms with Crippen LogP contribution in [-0.2, 0) is 0 Å². The Bertz CT molecular complexity index is 1240. The summed E-state index contributed by atoms with van der Waals surface area (Å²) in [6, 6.07) is 15.6. The molecule has 0 aliphatic carbocycles. The van der Waals surface area contributed by atoms with Crippen LogP contribution in [0.4, 0.5) is 11.5 Å². The average Bonchev–Trinajstić information content (AvgIpc) is 2.91. The Morgan fingerprint density at radius 3 is 2.92 bits per heavy atom. The van der Waals surface area contributed by atoms with E-state index in [4.69, 9.17) is 14.7 Å². The highest BCUT2D eigenvalue weighted by molar-refractivity contribution is 6.09. The standard InChI is InChI=1S/C27H32N6O3/c1-3-4-7-14-36-27-31-24(17-25(32-27)33-13-12-29-20(18-33)10-11-28)26(34)30-23-16-21(35-2)15-19-8-5-6-9-22(19)23/h5-6,8-9,15-17,20,29H,3-4,7,10,12-14,18H2,1-2H3,(H,30,34)/t20-/m0/s1. The first-order chi connectivity index (χ1) is 17.6. The van der Waals surface area contributed by atoms with E-state index >= 15 is 0 Å². The van der Waals surface area contributed by atoms with Crippen LogP contribution in [0.5, 0.6) is 11.8 Å². The summed E-state index contributed by atoms with van der Waals surface area (Å²) in [5.74, 6) is 0.899. The molecule has 0 radical (unpaired) electrons. The molecule has 0 unspecified atom stereocenters. The SMILES string of the molecule is CCCCCOc1nc(C(=O)Nc2cc(OC)cc3ccccc23)cc(N2CCN[C@@H](CC#N)C2)n1. The number of carbonyl (C=O) groups excluding carboxylic acids is 1. The van der Waals surface area contributed by atoms with Gasteiger partial charge < -0.3 is 25.0 Å². The van der Waals surface area contributed by atoms with Crippen LogP contribution >= 0.6 is 0 Å². The molecule has 0 saturated carbocycles. The molecule has 2 heterocycles. The number of amides is 1. The van der Waals surface area contributed by atoms with Crippen molar-refractivity contribution in [3.8, 4) is 17.8 Å². The molecule has 9 nitrogen and oxygen atoms in total. The number of nitrogens with one attached hydrogen (secondary N) is 2. The van der Waals surface area contributed by atoms with Gasteiger partial charge in [0, 0.05) is 43.2 Å². The van der Waals surface area contributed by atoms with Crippen molar-refractivity contribution in [3.63, 3.8) is 0 Å². The largest absolute Gasteiger partial charge is 0.497 e. The monoisotopic (exact) mass is 488 g/mol. The molecule has 4 rings (SSSR count). The van der Waals surface area contributed by atoms with Gasteiger partial charge >= 0.3 is 6.01 Å². The van der Waals surface area contributed by atoms with Crippen LogP contribution in [0.25, 0.3) is 10.8 Å². The van der Waals surface area contributed by atoms with E-state index in [0.717, 1.165) is 36.6 Å². The second-order valence-corrected chi connectivity index (χ2v) is 8.76. The van der Waals surface area contributed by atoms with Gasteiger partial charge in [0.05, 0.1) is 31.9 Å². The van der Waals surface area contributed by atoms with E-state index in [0.29, 0.717) is 43.4 Å². The number of ether oxygens (including phenoxy) is 2. The van der Waals surface area contributed by atoms with Crippen LogP contribution in [0.2, 0.25) is 0 Å². The predicted molar refractivity (Wildman–Crippen MR) is 140 cm³/mol. The molecule has 3 aromatic rings. The van der Waals surface area contributed by atoms with Gasteiger partial charge in [-0.2, -0.15) is 15.2 Å². The first-order valence-electron chi connectivity index (χ1n) is 12.4. The highest BCUT2D eigenvalue weighted by atomic mass is 16.5. The zero-order valence-electron chi connectivity index (χ0n) is 20.8. The van der Waals surface area contributed by atoms with E-state index < -0.39 is 0 Å². The molecule has 1 saturated heterocycles. The number of hydrogen-bond acceptors (Lipinski definition) is 8. The third-order valence-corrected chi connectivity index (χ3v) is 6.14. The van der Waals surface area contributed by atoms with E-state index in [-0.39, 0.29) is 23.7 Å². The maximum absolute atomic E-state index is 13.4. The van der Waals surface area contributed by atoms with Crippen molar-refractivity contribution in [1.29, 1.82) is 5.26 Å². The first-order valence-corrected chi connectivity index (χ1v) is 12.4. The van der Waals surface area contributed by atoms with Gasteiger partial charge in [-0.05, 0) is 17.9 Å². The van der Waals surface area contributed by atoms with Crippen LogP contribution in [0.3, 0.4) is 0 Å². The lowest BCUT2D eigenvalue weighted by Gasteiger charge is -2.33. The summed E-state index contributed by atoms with van der Waals surface area (Å²) >= 11 is 0. The number of aromatic nitrogens is 2. The number of nitrogens with zero attached hydrogens (tertiary/aromatic N) is 4. The number of carbonyl (C=O) groups is 1. The van der Waals surface area contributed by atoms with Gasteiger partial charge in [-0.25, -0.2) is 0 Å². The van der Waals surface area contributed by atoms with Crippen LogP contribution in [0.15, 0.2) is 42.5 Å². The summed E-state index contributed by atoms with van der Waals surface area (Å²) in [5.41, 5.74) is 0.851. The highest BCUT2D eigenvalue weighted by Gasteiger charge is 2.23. The summed E-state index contributed by atoms with van der Waals surface area (Å²) in [6.45, 7) is 4.65. The fraction of sp³-hybridized carbons (Fsp3) is 0.407. The highest BCUT2D eigenvalue weighted by Crippen LogP contribution is 2.30. The minimum atomic E-state index is -0.362. The molecule has 0 spiro atoms. The smallest absolute Gasteiger partial charge is 0.319 e. The second-order valence-electron chi connectivity index (χ2n) is 8.76. The summed E-state index contributed by atoms with van der Waals surface area (Å²) in [6.07, 6.45) is 3.41. The van der Waals surface area contributed by atoms with Gasteiger partial charge in [-0.3, -0.25) is 4.79 Å². The van der Waals surface area contributed by atoms with Crippen LogP contribution < -0.4 is 25.0 Å². The van der Waals surface area contributed by atoms with Crippen molar-refractivity contribution in [3.05, 3.63) is 48.2 Å². The number of unbranched alkanes of at least 4 members (excludes halogenated alkanes) is 2. The molecule has 1 atom stereocenters. The molecular formula is C27H32N6O3. The fourth-order valence-electron chi connectivity index (χ4n) is 4.24. The van der Waals surface area contributed by atoms with Gasteiger partial charge in [-0.1, -0.05) is 44.0 Å². The summed E-state index contributed by atoms with van der Waals surface area (Å²) < 4.78 is 11.3. The van der Waals surface area contributed by atoms with Crippen molar-refractivity contribution in [1.82, 2.24) is 15.3 Å². The number of piperazine rings is 1. The van der Waals surface area contributed by atoms with Gasteiger partial charge in [0.2, 0.25) is 0 Å². The molecule has 1 aliphatic rings. The number of nitriles is 1. The van der Waals surface area contributed by atoms with E-state index in [1.165, 1.54) is 0 Å². The van der Waals surface area contributed by atoms with E-state index in [2.05, 4.69) is 38.5 Å².